The second kappa shape index (κ2) is 11.8. The van der Waals surface area contributed by atoms with Crippen molar-refractivity contribution in [2.45, 2.75) is 57.6 Å². The molecule has 9 heteroatoms. The maximum atomic E-state index is 13.8. The van der Waals surface area contributed by atoms with Crippen molar-refractivity contribution in [2.24, 2.45) is 0 Å². The zero-order chi connectivity index (χ0) is 28.1. The van der Waals surface area contributed by atoms with Crippen LogP contribution < -0.4 is 9.62 Å². The van der Waals surface area contributed by atoms with Crippen molar-refractivity contribution >= 4 is 27.5 Å². The highest BCUT2D eigenvalue weighted by Gasteiger charge is 2.33. The SMILES string of the molecule is Cc1ccc(S(=O)(=O)N(CC(=O)N(Cc2ccccc2)[C@@H](C)C(=O)NC(C)(C)C)c2ccc(F)cc2)cc1. The molecule has 0 radical (unpaired) electrons. The Labute approximate surface area is 224 Å². The molecule has 0 saturated carbocycles. The van der Waals surface area contributed by atoms with Gasteiger partial charge in [0, 0.05) is 12.1 Å². The molecule has 0 aliphatic heterocycles. The van der Waals surface area contributed by atoms with Crippen LogP contribution in [0.5, 0.6) is 0 Å². The maximum absolute atomic E-state index is 13.8. The fourth-order valence-corrected chi connectivity index (χ4v) is 5.22. The summed E-state index contributed by atoms with van der Waals surface area (Å²) in [7, 11) is -4.20. The molecular weight excluding hydrogens is 505 g/mol. The maximum Gasteiger partial charge on any atom is 0.264 e. The third-order valence-electron chi connectivity index (χ3n) is 5.86. The number of carbonyl (C=O) groups is 2. The van der Waals surface area contributed by atoms with Crippen LogP contribution >= 0.6 is 0 Å². The van der Waals surface area contributed by atoms with Gasteiger partial charge in [0.2, 0.25) is 11.8 Å². The average Bonchev–Trinajstić information content (AvgIpc) is 2.85. The summed E-state index contributed by atoms with van der Waals surface area (Å²) in [5.41, 5.74) is 1.26. The van der Waals surface area contributed by atoms with Crippen molar-refractivity contribution in [3.63, 3.8) is 0 Å². The zero-order valence-corrected chi connectivity index (χ0v) is 23.1. The Hall–Kier alpha value is -3.72. The van der Waals surface area contributed by atoms with E-state index < -0.39 is 39.9 Å². The minimum atomic E-state index is -4.20. The highest BCUT2D eigenvalue weighted by molar-refractivity contribution is 7.92. The van der Waals surface area contributed by atoms with Crippen LogP contribution in [0.1, 0.15) is 38.8 Å². The summed E-state index contributed by atoms with van der Waals surface area (Å²) in [5.74, 6) is -1.48. The molecule has 7 nitrogen and oxygen atoms in total. The number of amides is 2. The van der Waals surface area contributed by atoms with Gasteiger partial charge in [0.05, 0.1) is 10.6 Å². The Morgan fingerprint density at radius 2 is 1.50 bits per heavy atom. The number of anilines is 1. The van der Waals surface area contributed by atoms with Crippen molar-refractivity contribution in [2.75, 3.05) is 10.8 Å². The quantitative estimate of drug-likeness (QED) is 0.429. The van der Waals surface area contributed by atoms with Gasteiger partial charge >= 0.3 is 0 Å². The van der Waals surface area contributed by atoms with E-state index in [-0.39, 0.29) is 23.0 Å². The van der Waals surface area contributed by atoms with Crippen molar-refractivity contribution < 1.29 is 22.4 Å². The van der Waals surface area contributed by atoms with Gasteiger partial charge in [-0.15, -0.1) is 0 Å². The fourth-order valence-electron chi connectivity index (χ4n) is 3.81. The number of carbonyl (C=O) groups excluding carboxylic acids is 2. The zero-order valence-electron chi connectivity index (χ0n) is 22.3. The Bertz CT molecular complexity index is 1350. The van der Waals surface area contributed by atoms with E-state index in [1.807, 2.05) is 58.0 Å². The smallest absolute Gasteiger partial charge is 0.264 e. The van der Waals surface area contributed by atoms with Gasteiger partial charge in [-0.25, -0.2) is 12.8 Å². The minimum absolute atomic E-state index is 0.00615. The van der Waals surface area contributed by atoms with E-state index in [9.17, 15) is 22.4 Å². The average molecular weight is 540 g/mol. The van der Waals surface area contributed by atoms with Crippen LogP contribution in [0.2, 0.25) is 0 Å². The van der Waals surface area contributed by atoms with Gasteiger partial charge in [-0.3, -0.25) is 13.9 Å². The van der Waals surface area contributed by atoms with Gasteiger partial charge in [0.25, 0.3) is 10.0 Å². The number of benzene rings is 3. The molecule has 0 unspecified atom stereocenters. The van der Waals surface area contributed by atoms with Gasteiger partial charge in [-0.1, -0.05) is 48.0 Å². The third kappa shape index (κ3) is 7.41. The molecule has 3 rings (SSSR count). The molecule has 38 heavy (non-hydrogen) atoms. The first-order valence-electron chi connectivity index (χ1n) is 12.3. The van der Waals surface area contributed by atoms with Crippen LogP contribution in [0.25, 0.3) is 0 Å². The van der Waals surface area contributed by atoms with E-state index in [1.54, 1.807) is 19.1 Å². The highest BCUT2D eigenvalue weighted by Crippen LogP contribution is 2.25. The number of aryl methyl sites for hydroxylation is 1. The Morgan fingerprint density at radius 3 is 2.05 bits per heavy atom. The molecule has 202 valence electrons. The monoisotopic (exact) mass is 539 g/mol. The van der Waals surface area contributed by atoms with E-state index in [0.717, 1.165) is 27.6 Å². The van der Waals surface area contributed by atoms with E-state index in [2.05, 4.69) is 5.32 Å². The summed E-state index contributed by atoms with van der Waals surface area (Å²) in [6.45, 7) is 8.48. The van der Waals surface area contributed by atoms with Gasteiger partial charge in [-0.2, -0.15) is 0 Å². The fraction of sp³-hybridized carbons (Fsp3) is 0.310. The van der Waals surface area contributed by atoms with Crippen LogP contribution in [-0.4, -0.2) is 43.3 Å². The van der Waals surface area contributed by atoms with Crippen molar-refractivity contribution in [3.05, 3.63) is 95.8 Å². The third-order valence-corrected chi connectivity index (χ3v) is 7.65. The number of rotatable bonds is 9. The Kier molecular flexibility index (Phi) is 8.93. The second-order valence-electron chi connectivity index (χ2n) is 10.2. The number of hydrogen-bond acceptors (Lipinski definition) is 4. The molecule has 2 amide bonds. The van der Waals surface area contributed by atoms with Gasteiger partial charge in [0.1, 0.15) is 18.4 Å². The number of nitrogens with one attached hydrogen (secondary N) is 1. The largest absolute Gasteiger partial charge is 0.350 e. The van der Waals surface area contributed by atoms with E-state index >= 15 is 0 Å². The predicted octanol–water partition coefficient (Wildman–Crippen LogP) is 4.66. The highest BCUT2D eigenvalue weighted by atomic mass is 32.2. The second-order valence-corrected chi connectivity index (χ2v) is 12.1. The molecule has 0 aliphatic rings. The summed E-state index contributed by atoms with van der Waals surface area (Å²) in [4.78, 5) is 28.2. The molecular formula is C29H34FN3O4S. The molecule has 3 aromatic rings. The summed E-state index contributed by atoms with van der Waals surface area (Å²) < 4.78 is 42.1. The number of halogens is 1. The Balaban J connectivity index is 2.02. The molecule has 0 bridgehead atoms. The molecule has 0 heterocycles. The lowest BCUT2D eigenvalue weighted by molar-refractivity contribution is -0.140. The molecule has 0 spiro atoms. The normalized spacial score (nSPS) is 12.5. The summed E-state index contributed by atoms with van der Waals surface area (Å²) in [6, 6.07) is 19.4. The lowest BCUT2D eigenvalue weighted by Crippen LogP contribution is -2.54. The lowest BCUT2D eigenvalue weighted by atomic mass is 10.1. The number of hydrogen-bond donors (Lipinski definition) is 1. The van der Waals surface area contributed by atoms with Gasteiger partial charge in [-0.05, 0) is 76.6 Å². The van der Waals surface area contributed by atoms with Crippen molar-refractivity contribution in [3.8, 4) is 0 Å². The minimum Gasteiger partial charge on any atom is -0.350 e. The first-order valence-corrected chi connectivity index (χ1v) is 13.7. The first-order chi connectivity index (χ1) is 17.8. The van der Waals surface area contributed by atoms with E-state index in [4.69, 9.17) is 0 Å². The lowest BCUT2D eigenvalue weighted by Gasteiger charge is -2.33. The van der Waals surface area contributed by atoms with Crippen LogP contribution in [-0.2, 0) is 26.2 Å². The van der Waals surface area contributed by atoms with Crippen molar-refractivity contribution in [1.29, 1.82) is 0 Å². The Morgan fingerprint density at radius 1 is 0.921 bits per heavy atom. The summed E-state index contributed by atoms with van der Waals surface area (Å²) in [5, 5.41) is 2.89. The molecule has 0 saturated heterocycles. The summed E-state index contributed by atoms with van der Waals surface area (Å²) in [6.07, 6.45) is 0. The van der Waals surface area contributed by atoms with Crippen LogP contribution in [0.15, 0.2) is 83.8 Å². The molecule has 0 aliphatic carbocycles. The molecule has 1 atom stereocenters. The first kappa shape index (κ1) is 28.8. The van der Waals surface area contributed by atoms with E-state index in [1.165, 1.54) is 29.2 Å². The van der Waals surface area contributed by atoms with Crippen LogP contribution in [0.3, 0.4) is 0 Å². The van der Waals surface area contributed by atoms with Gasteiger partial charge in [0.15, 0.2) is 0 Å². The van der Waals surface area contributed by atoms with Crippen LogP contribution in [0.4, 0.5) is 10.1 Å². The topological polar surface area (TPSA) is 86.8 Å². The molecule has 0 fully saturated rings. The standard InChI is InChI=1S/C29H34FN3O4S/c1-21-11-17-26(18-12-21)38(36,37)33(25-15-13-24(30)14-16-25)20-27(34)32(19-23-9-7-6-8-10-23)22(2)28(35)31-29(3,4)5/h6-18,22H,19-20H2,1-5H3,(H,31,35)/t22-/m0/s1. The predicted molar refractivity (Wildman–Crippen MR) is 146 cm³/mol. The molecule has 0 aromatic heterocycles. The van der Waals surface area contributed by atoms with Crippen molar-refractivity contribution in [1.82, 2.24) is 10.2 Å². The van der Waals surface area contributed by atoms with Crippen LogP contribution in [0, 0.1) is 12.7 Å². The number of nitrogens with zero attached hydrogens (tertiary/aromatic N) is 2. The van der Waals surface area contributed by atoms with Gasteiger partial charge < -0.3 is 10.2 Å². The molecule has 3 aromatic carbocycles. The molecule has 1 N–H and O–H groups in total. The summed E-state index contributed by atoms with van der Waals surface area (Å²) >= 11 is 0. The van der Waals surface area contributed by atoms with E-state index in [0.29, 0.717) is 0 Å². The number of sulfonamides is 1.